The minimum atomic E-state index is 0.670. The summed E-state index contributed by atoms with van der Waals surface area (Å²) in [5.41, 5.74) is 2.01. The van der Waals surface area contributed by atoms with Gasteiger partial charge in [0, 0.05) is 10.9 Å². The van der Waals surface area contributed by atoms with Gasteiger partial charge in [-0.15, -0.1) is 0 Å². The number of hydrogen-bond donors (Lipinski definition) is 0. The maximum Gasteiger partial charge on any atom is 0.200 e. The van der Waals surface area contributed by atoms with Crippen molar-refractivity contribution in [3.05, 3.63) is 36.6 Å². The molecule has 0 amide bonds. The highest BCUT2D eigenvalue weighted by atomic mass is 16.4. The van der Waals surface area contributed by atoms with Crippen LogP contribution in [-0.4, -0.2) is 10.1 Å². The number of rotatable bonds is 0. The van der Waals surface area contributed by atoms with Crippen molar-refractivity contribution in [3.8, 4) is 11.4 Å². The first-order valence-electron chi connectivity index (χ1n) is 4.04. The summed E-state index contributed by atoms with van der Waals surface area (Å²) in [5, 5.41) is 4.96. The normalized spacial score (nSPS) is 11.1. The van der Waals surface area contributed by atoms with Gasteiger partial charge in [-0.3, -0.25) is 0 Å². The van der Waals surface area contributed by atoms with Gasteiger partial charge in [-0.25, -0.2) is 4.98 Å². The molecule has 13 heavy (non-hydrogen) atoms. The lowest BCUT2D eigenvalue weighted by atomic mass is 10.1. The highest BCUT2D eigenvalue weighted by molar-refractivity contribution is 5.95. The van der Waals surface area contributed by atoms with Gasteiger partial charge < -0.3 is 4.52 Å². The van der Waals surface area contributed by atoms with Gasteiger partial charge >= 0.3 is 0 Å². The molecule has 3 heteroatoms. The molecule has 0 bridgehead atoms. The molecule has 0 N–H and O–H groups in total. The molecular weight excluding hydrogens is 164 g/mol. The molecule has 1 aromatic carbocycles. The Morgan fingerprint density at radius 2 is 2.00 bits per heavy atom. The van der Waals surface area contributed by atoms with Crippen molar-refractivity contribution in [2.24, 2.45) is 0 Å². The van der Waals surface area contributed by atoms with Crippen LogP contribution >= 0.6 is 0 Å². The average molecular weight is 170 g/mol. The molecule has 0 saturated heterocycles. The minimum Gasteiger partial charge on any atom is -0.363 e. The predicted octanol–water partition coefficient (Wildman–Crippen LogP) is 2.33. The largest absolute Gasteiger partial charge is 0.363 e. The number of nitrogens with zero attached hydrogens (tertiary/aromatic N) is 2. The standard InChI is InChI=1S/C10H6N2O/c1-2-4-9-7(3-1)8-5-6-13-12-10(8)11-9/h1-6H. The molecule has 0 fully saturated rings. The summed E-state index contributed by atoms with van der Waals surface area (Å²) in [6.45, 7) is 0. The third-order valence-electron chi connectivity index (χ3n) is 2.10. The third kappa shape index (κ3) is 0.839. The predicted molar refractivity (Wildman–Crippen MR) is 48.4 cm³/mol. The summed E-state index contributed by atoms with van der Waals surface area (Å²) in [6, 6.07) is 9.85. The van der Waals surface area contributed by atoms with Crippen molar-refractivity contribution in [3.63, 3.8) is 0 Å². The second-order valence-electron chi connectivity index (χ2n) is 2.87. The lowest BCUT2D eigenvalue weighted by Gasteiger charge is -1.91. The van der Waals surface area contributed by atoms with E-state index in [0.717, 1.165) is 16.5 Å². The van der Waals surface area contributed by atoms with Crippen LogP contribution in [0.1, 0.15) is 0 Å². The van der Waals surface area contributed by atoms with Gasteiger partial charge in [-0.2, -0.15) is 0 Å². The monoisotopic (exact) mass is 170 g/mol. The SMILES string of the molecule is c1ccc2c3cconc-3nc2c1. The Kier molecular flexibility index (Phi) is 1.16. The number of benzene rings is 1. The van der Waals surface area contributed by atoms with Crippen LogP contribution < -0.4 is 0 Å². The van der Waals surface area contributed by atoms with Crippen molar-refractivity contribution in [2.75, 3.05) is 0 Å². The van der Waals surface area contributed by atoms with E-state index < -0.39 is 0 Å². The minimum absolute atomic E-state index is 0.670. The topological polar surface area (TPSA) is 38.9 Å². The summed E-state index contributed by atoms with van der Waals surface area (Å²) >= 11 is 0. The quantitative estimate of drug-likeness (QED) is 0.519. The molecular formula is C10H6N2O. The molecule has 0 radical (unpaired) electrons. The summed E-state index contributed by atoms with van der Waals surface area (Å²) in [7, 11) is 0. The number of para-hydroxylation sites is 1. The number of aromatic nitrogens is 2. The van der Waals surface area contributed by atoms with Gasteiger partial charge in [0.25, 0.3) is 0 Å². The van der Waals surface area contributed by atoms with Crippen molar-refractivity contribution in [1.82, 2.24) is 10.1 Å². The molecule has 2 heterocycles. The van der Waals surface area contributed by atoms with Crippen LogP contribution in [0.5, 0.6) is 0 Å². The molecule has 1 aromatic rings. The molecule has 2 aliphatic heterocycles. The fraction of sp³-hybridized carbons (Fsp3) is 0. The van der Waals surface area contributed by atoms with Crippen LogP contribution in [0.25, 0.3) is 22.3 Å². The Hall–Kier alpha value is -1.90. The van der Waals surface area contributed by atoms with E-state index in [1.54, 1.807) is 6.26 Å². The van der Waals surface area contributed by atoms with E-state index in [2.05, 4.69) is 10.1 Å². The summed E-state index contributed by atoms with van der Waals surface area (Å²) < 4.78 is 4.81. The van der Waals surface area contributed by atoms with Gasteiger partial charge in [0.05, 0.1) is 5.52 Å². The zero-order chi connectivity index (χ0) is 8.67. The van der Waals surface area contributed by atoms with E-state index in [0.29, 0.717) is 5.82 Å². The van der Waals surface area contributed by atoms with Gasteiger partial charge in [0.15, 0.2) is 0 Å². The lowest BCUT2D eigenvalue weighted by Crippen LogP contribution is -1.79. The second-order valence-corrected chi connectivity index (χ2v) is 2.87. The van der Waals surface area contributed by atoms with E-state index in [1.165, 1.54) is 0 Å². The van der Waals surface area contributed by atoms with Crippen molar-refractivity contribution in [1.29, 1.82) is 0 Å². The van der Waals surface area contributed by atoms with Crippen molar-refractivity contribution < 1.29 is 4.52 Å². The van der Waals surface area contributed by atoms with Gasteiger partial charge in [0.1, 0.15) is 6.26 Å². The summed E-state index contributed by atoms with van der Waals surface area (Å²) in [4.78, 5) is 4.31. The van der Waals surface area contributed by atoms with E-state index in [1.807, 2.05) is 30.3 Å². The molecule has 0 spiro atoms. The summed E-state index contributed by atoms with van der Waals surface area (Å²) in [6.07, 6.45) is 1.57. The fourth-order valence-corrected chi connectivity index (χ4v) is 1.51. The molecule has 2 aliphatic rings. The first kappa shape index (κ1) is 6.60. The van der Waals surface area contributed by atoms with Crippen LogP contribution in [0.3, 0.4) is 0 Å². The number of hydrogen-bond acceptors (Lipinski definition) is 3. The highest BCUT2D eigenvalue weighted by Crippen LogP contribution is 2.28. The van der Waals surface area contributed by atoms with E-state index in [-0.39, 0.29) is 0 Å². The van der Waals surface area contributed by atoms with Crippen LogP contribution in [0, 0.1) is 0 Å². The Morgan fingerprint density at radius 3 is 3.00 bits per heavy atom. The molecule has 3 rings (SSSR count). The molecule has 0 atom stereocenters. The Bertz CT molecular complexity index is 529. The fourth-order valence-electron chi connectivity index (χ4n) is 1.51. The maximum absolute atomic E-state index is 4.81. The Morgan fingerprint density at radius 1 is 1.08 bits per heavy atom. The first-order chi connectivity index (χ1) is 6.45. The van der Waals surface area contributed by atoms with Crippen molar-refractivity contribution >= 4 is 10.9 Å². The molecule has 62 valence electrons. The second kappa shape index (κ2) is 2.29. The summed E-state index contributed by atoms with van der Waals surface area (Å²) in [5.74, 6) is 0.670. The van der Waals surface area contributed by atoms with Gasteiger partial charge in [0.2, 0.25) is 5.82 Å². The zero-order valence-electron chi connectivity index (χ0n) is 6.77. The average Bonchev–Trinajstić information content (AvgIpc) is 2.56. The third-order valence-corrected chi connectivity index (χ3v) is 2.10. The highest BCUT2D eigenvalue weighted by Gasteiger charge is 2.11. The Balaban J connectivity index is 2.56. The smallest absolute Gasteiger partial charge is 0.200 e. The number of fused-ring (bicyclic) bond motifs is 3. The molecule has 0 saturated carbocycles. The van der Waals surface area contributed by atoms with Gasteiger partial charge in [-0.05, 0) is 12.1 Å². The maximum atomic E-state index is 4.81. The molecule has 0 aromatic heterocycles. The van der Waals surface area contributed by atoms with Crippen LogP contribution in [0.15, 0.2) is 41.1 Å². The van der Waals surface area contributed by atoms with Gasteiger partial charge in [-0.1, -0.05) is 23.4 Å². The van der Waals surface area contributed by atoms with E-state index in [9.17, 15) is 0 Å². The van der Waals surface area contributed by atoms with E-state index in [4.69, 9.17) is 4.52 Å². The first-order valence-corrected chi connectivity index (χ1v) is 4.04. The molecule has 0 unspecified atom stereocenters. The molecule has 0 aliphatic carbocycles. The van der Waals surface area contributed by atoms with Crippen LogP contribution in [0.2, 0.25) is 0 Å². The van der Waals surface area contributed by atoms with Crippen LogP contribution in [-0.2, 0) is 0 Å². The van der Waals surface area contributed by atoms with Crippen molar-refractivity contribution in [2.45, 2.75) is 0 Å². The zero-order valence-corrected chi connectivity index (χ0v) is 6.77. The molecule has 3 nitrogen and oxygen atoms in total. The van der Waals surface area contributed by atoms with E-state index >= 15 is 0 Å². The Labute approximate surface area is 74.3 Å². The van der Waals surface area contributed by atoms with Crippen LogP contribution in [0.4, 0.5) is 0 Å². The lowest BCUT2D eigenvalue weighted by molar-refractivity contribution is 0.401.